The second-order valence-corrected chi connectivity index (χ2v) is 7.18. The van der Waals surface area contributed by atoms with E-state index >= 15 is 0 Å². The predicted molar refractivity (Wildman–Crippen MR) is 110 cm³/mol. The molecule has 0 saturated heterocycles. The van der Waals surface area contributed by atoms with Crippen LogP contribution in [-0.4, -0.2) is 33.5 Å². The van der Waals surface area contributed by atoms with Crippen LogP contribution in [-0.2, 0) is 13.0 Å². The minimum absolute atomic E-state index is 0.198. The number of aryl methyl sites for hydroxylation is 2. The summed E-state index contributed by atoms with van der Waals surface area (Å²) in [4.78, 5) is 16.7. The molecule has 0 aliphatic carbocycles. The van der Waals surface area contributed by atoms with Gasteiger partial charge in [0.25, 0.3) is 5.56 Å². The van der Waals surface area contributed by atoms with Crippen molar-refractivity contribution in [2.45, 2.75) is 13.0 Å². The lowest BCUT2D eigenvalue weighted by atomic mass is 10.1. The maximum atomic E-state index is 12.3. The zero-order chi connectivity index (χ0) is 21.5. The van der Waals surface area contributed by atoms with Crippen molar-refractivity contribution in [3.63, 3.8) is 0 Å². The topological polar surface area (TPSA) is 111 Å². The van der Waals surface area contributed by atoms with E-state index < -0.39 is 0 Å². The molecule has 0 bridgehead atoms. The molecule has 32 heavy (non-hydrogen) atoms. The van der Waals surface area contributed by atoms with Crippen molar-refractivity contribution in [2.75, 3.05) is 13.6 Å². The van der Waals surface area contributed by atoms with E-state index in [1.807, 2.05) is 24.3 Å². The summed E-state index contributed by atoms with van der Waals surface area (Å²) in [6.45, 7) is 0.688. The normalized spacial score (nSPS) is 13.5. The Morgan fingerprint density at radius 2 is 1.50 bits per heavy atom. The average molecular weight is 432 g/mol. The first kappa shape index (κ1) is 18.4. The fourth-order valence-electron chi connectivity index (χ4n) is 3.53. The zero-order valence-electron chi connectivity index (χ0n) is 16.7. The maximum Gasteiger partial charge on any atom is 0.266 e. The molecule has 6 rings (SSSR count). The summed E-state index contributed by atoms with van der Waals surface area (Å²) < 4.78 is 28.2. The molecule has 2 aromatic heterocycles. The van der Waals surface area contributed by atoms with E-state index in [4.69, 9.17) is 23.5 Å². The molecule has 0 radical (unpaired) electrons. The molecule has 0 atom stereocenters. The lowest BCUT2D eigenvalue weighted by molar-refractivity contribution is 0.173. The largest absolute Gasteiger partial charge is 0.454 e. The minimum atomic E-state index is -0.218. The van der Waals surface area contributed by atoms with Gasteiger partial charge in [-0.05, 0) is 42.5 Å². The minimum Gasteiger partial charge on any atom is -0.454 e. The highest BCUT2D eigenvalue weighted by Crippen LogP contribution is 2.36. The molecule has 160 valence electrons. The molecular weight excluding hydrogens is 416 g/mol. The molecule has 4 heterocycles. The van der Waals surface area contributed by atoms with Crippen LogP contribution in [0.4, 0.5) is 0 Å². The summed E-state index contributed by atoms with van der Waals surface area (Å²) >= 11 is 0. The van der Waals surface area contributed by atoms with Crippen molar-refractivity contribution in [1.82, 2.24) is 19.9 Å². The van der Waals surface area contributed by atoms with E-state index in [2.05, 4.69) is 15.2 Å². The maximum absolute atomic E-state index is 12.3. The highest BCUT2D eigenvalue weighted by atomic mass is 16.7. The van der Waals surface area contributed by atoms with Crippen molar-refractivity contribution < 1.29 is 23.5 Å². The summed E-state index contributed by atoms with van der Waals surface area (Å²) in [5.41, 5.74) is 2.01. The highest BCUT2D eigenvalue weighted by molar-refractivity contribution is 5.64. The molecule has 2 aliphatic rings. The standard InChI is InChI=1S/C22H16N4O6/c27-21-6-3-15(13-1-4-16-18(9-13)30-11-28-16)24-26(21)8-7-20-23-22(25-32-20)14-2-5-17-19(10-14)31-12-29-17/h1-6,9-10H,7-8,11-12H2. The Hall–Kier alpha value is -4.34. The van der Waals surface area contributed by atoms with Gasteiger partial charge in [-0.25, -0.2) is 4.68 Å². The van der Waals surface area contributed by atoms with Crippen LogP contribution >= 0.6 is 0 Å². The summed E-state index contributed by atoms with van der Waals surface area (Å²) in [7, 11) is 0. The van der Waals surface area contributed by atoms with E-state index in [9.17, 15) is 4.79 Å². The summed E-state index contributed by atoms with van der Waals surface area (Å²) in [5, 5.41) is 8.50. The van der Waals surface area contributed by atoms with E-state index in [1.165, 1.54) is 10.7 Å². The van der Waals surface area contributed by atoms with Gasteiger partial charge in [0, 0.05) is 23.6 Å². The van der Waals surface area contributed by atoms with E-state index in [0.29, 0.717) is 53.4 Å². The van der Waals surface area contributed by atoms with Crippen LogP contribution in [0.1, 0.15) is 5.89 Å². The zero-order valence-corrected chi connectivity index (χ0v) is 16.7. The lowest BCUT2D eigenvalue weighted by Crippen LogP contribution is -2.23. The Balaban J connectivity index is 1.20. The summed E-state index contributed by atoms with van der Waals surface area (Å²) in [5.74, 6) is 3.52. The number of benzene rings is 2. The molecule has 0 saturated carbocycles. The van der Waals surface area contributed by atoms with Crippen LogP contribution in [0.2, 0.25) is 0 Å². The van der Waals surface area contributed by atoms with Gasteiger partial charge in [-0.1, -0.05) is 5.16 Å². The van der Waals surface area contributed by atoms with Crippen LogP contribution in [0, 0.1) is 0 Å². The third-order valence-electron chi connectivity index (χ3n) is 5.17. The van der Waals surface area contributed by atoms with Crippen molar-refractivity contribution in [3.8, 4) is 45.6 Å². The number of rotatable bonds is 5. The smallest absolute Gasteiger partial charge is 0.266 e. The van der Waals surface area contributed by atoms with Crippen LogP contribution in [0.15, 0.2) is 57.8 Å². The molecule has 2 aromatic carbocycles. The molecule has 0 unspecified atom stereocenters. The molecule has 4 aromatic rings. The molecule has 2 aliphatic heterocycles. The third-order valence-corrected chi connectivity index (χ3v) is 5.17. The van der Waals surface area contributed by atoms with E-state index in [1.54, 1.807) is 18.2 Å². The average Bonchev–Trinajstić information content (AvgIpc) is 3.58. The van der Waals surface area contributed by atoms with Gasteiger partial charge in [-0.2, -0.15) is 10.1 Å². The van der Waals surface area contributed by atoms with Crippen molar-refractivity contribution >= 4 is 0 Å². The van der Waals surface area contributed by atoms with Crippen molar-refractivity contribution in [1.29, 1.82) is 0 Å². The predicted octanol–water partition coefficient (Wildman–Crippen LogP) is 2.66. The van der Waals surface area contributed by atoms with Gasteiger partial charge in [0.15, 0.2) is 23.0 Å². The third kappa shape index (κ3) is 3.31. The van der Waals surface area contributed by atoms with Gasteiger partial charge < -0.3 is 23.5 Å². The second kappa shape index (κ2) is 7.41. The fourth-order valence-corrected chi connectivity index (χ4v) is 3.53. The van der Waals surface area contributed by atoms with Crippen LogP contribution in [0.3, 0.4) is 0 Å². The van der Waals surface area contributed by atoms with Gasteiger partial charge in [0.2, 0.25) is 25.3 Å². The number of hydrogen-bond acceptors (Lipinski definition) is 9. The first-order valence-electron chi connectivity index (χ1n) is 9.94. The van der Waals surface area contributed by atoms with Crippen LogP contribution in [0.25, 0.3) is 22.6 Å². The Morgan fingerprint density at radius 3 is 2.28 bits per heavy atom. The van der Waals surface area contributed by atoms with Gasteiger partial charge in [-0.15, -0.1) is 0 Å². The number of aromatic nitrogens is 4. The van der Waals surface area contributed by atoms with Gasteiger partial charge in [-0.3, -0.25) is 4.79 Å². The Kier molecular flexibility index (Phi) is 4.27. The Bertz CT molecular complexity index is 1380. The Morgan fingerprint density at radius 1 is 0.812 bits per heavy atom. The SMILES string of the molecule is O=c1ccc(-c2ccc3c(c2)OCO3)nn1CCc1nc(-c2ccc3c(c2)OCO3)no1. The van der Waals surface area contributed by atoms with Crippen molar-refractivity contribution in [2.24, 2.45) is 0 Å². The van der Waals surface area contributed by atoms with Gasteiger partial charge in [0.05, 0.1) is 12.2 Å². The van der Waals surface area contributed by atoms with E-state index in [-0.39, 0.29) is 19.1 Å². The number of fused-ring (bicyclic) bond motifs is 2. The van der Waals surface area contributed by atoms with Crippen molar-refractivity contribution in [3.05, 3.63) is 64.8 Å². The number of hydrogen-bond donors (Lipinski definition) is 0. The Labute approximate surface area is 180 Å². The molecular formula is C22H16N4O6. The molecule has 10 nitrogen and oxygen atoms in total. The van der Waals surface area contributed by atoms with Gasteiger partial charge >= 0.3 is 0 Å². The van der Waals surface area contributed by atoms with Gasteiger partial charge in [0.1, 0.15) is 0 Å². The molecule has 0 fully saturated rings. The highest BCUT2D eigenvalue weighted by Gasteiger charge is 2.17. The first-order chi connectivity index (χ1) is 15.7. The number of nitrogens with zero attached hydrogens (tertiary/aromatic N) is 4. The lowest BCUT2D eigenvalue weighted by Gasteiger charge is -2.06. The second-order valence-electron chi connectivity index (χ2n) is 7.18. The van der Waals surface area contributed by atoms with Crippen LogP contribution < -0.4 is 24.5 Å². The summed E-state index contributed by atoms with van der Waals surface area (Å²) in [6.07, 6.45) is 0.356. The molecule has 10 heteroatoms. The molecule has 0 spiro atoms. The summed E-state index contributed by atoms with van der Waals surface area (Å²) in [6, 6.07) is 14.2. The molecule has 0 amide bonds. The quantitative estimate of drug-likeness (QED) is 0.470. The number of ether oxygens (including phenoxy) is 4. The molecule has 0 N–H and O–H groups in total. The van der Waals surface area contributed by atoms with E-state index in [0.717, 1.165) is 11.1 Å². The van der Waals surface area contributed by atoms with Crippen LogP contribution in [0.5, 0.6) is 23.0 Å². The fraction of sp³-hybridized carbons (Fsp3) is 0.182. The monoisotopic (exact) mass is 432 g/mol. The first-order valence-corrected chi connectivity index (χ1v) is 9.94.